The number of rotatable bonds is 8. The van der Waals surface area contributed by atoms with E-state index in [2.05, 4.69) is 15.3 Å². The summed E-state index contributed by atoms with van der Waals surface area (Å²) in [6, 6.07) is 2.93. The molecule has 3 aliphatic rings. The fourth-order valence-corrected chi connectivity index (χ4v) is 8.77. The maximum absolute atomic E-state index is 17.2. The van der Waals surface area contributed by atoms with Crippen LogP contribution in [0.3, 0.4) is 0 Å². The van der Waals surface area contributed by atoms with Crippen molar-refractivity contribution in [2.24, 2.45) is 0 Å². The van der Waals surface area contributed by atoms with Gasteiger partial charge in [0, 0.05) is 23.9 Å². The Balaban J connectivity index is 1.48. The maximum Gasteiger partial charge on any atom is 0.409 e. The van der Waals surface area contributed by atoms with Crippen LogP contribution in [-0.4, -0.2) is 83.1 Å². The first-order valence-electron chi connectivity index (χ1n) is 15.7. The van der Waals surface area contributed by atoms with Crippen molar-refractivity contribution in [3.63, 3.8) is 0 Å². The van der Waals surface area contributed by atoms with Crippen molar-refractivity contribution in [2.45, 2.75) is 50.4 Å². The highest BCUT2D eigenvalue weighted by atomic mass is 35.5. The van der Waals surface area contributed by atoms with Crippen molar-refractivity contribution in [1.29, 1.82) is 5.26 Å². The Morgan fingerprint density at radius 3 is 2.86 bits per heavy atom. The summed E-state index contributed by atoms with van der Waals surface area (Å²) < 4.78 is 87.1. The smallest absolute Gasteiger partial charge is 0.409 e. The number of benzene rings is 2. The van der Waals surface area contributed by atoms with Crippen LogP contribution in [0, 0.1) is 23.0 Å². The summed E-state index contributed by atoms with van der Waals surface area (Å²) in [6.07, 6.45) is -0.426. The molecule has 2 saturated heterocycles. The Bertz CT molecular complexity index is 2110. The first kappa shape index (κ1) is 34.0. The average Bonchev–Trinajstić information content (AvgIpc) is 3.69. The Kier molecular flexibility index (Phi) is 8.85. The van der Waals surface area contributed by atoms with Crippen LogP contribution < -0.4 is 19.7 Å². The van der Waals surface area contributed by atoms with Gasteiger partial charge in [-0.1, -0.05) is 29.8 Å². The fraction of sp³-hybridized carbons (Fsp3) is 0.394. The molecule has 2 aromatic heterocycles. The number of nitriles is 1. The van der Waals surface area contributed by atoms with Crippen molar-refractivity contribution < 1.29 is 41.3 Å². The van der Waals surface area contributed by atoms with Crippen molar-refractivity contribution in [1.82, 2.24) is 14.9 Å². The van der Waals surface area contributed by atoms with Crippen LogP contribution in [0.4, 0.5) is 37.6 Å². The number of fused-ring (bicyclic) bond motifs is 2. The lowest BCUT2D eigenvalue weighted by Crippen LogP contribution is -2.43. The van der Waals surface area contributed by atoms with Gasteiger partial charge in [0.25, 0.3) is 6.43 Å². The zero-order chi connectivity index (χ0) is 35.5. The number of ether oxygens (including phenoxy) is 2. The molecule has 262 valence electrons. The van der Waals surface area contributed by atoms with Crippen molar-refractivity contribution in [3.8, 4) is 29.0 Å². The van der Waals surface area contributed by atoms with Gasteiger partial charge in [-0.05, 0) is 37.9 Å². The number of nitrogens with one attached hydrogen (secondary N) is 1. The van der Waals surface area contributed by atoms with E-state index in [9.17, 15) is 28.3 Å². The third-order valence-electron chi connectivity index (χ3n) is 9.39. The summed E-state index contributed by atoms with van der Waals surface area (Å²) in [5.41, 5.74) is -1.74. The molecule has 1 amide bonds. The molecule has 4 aromatic rings. The van der Waals surface area contributed by atoms with E-state index >= 15 is 8.78 Å². The summed E-state index contributed by atoms with van der Waals surface area (Å²) in [7, 11) is 0. The largest absolute Gasteiger partial charge is 0.489 e. The normalized spacial score (nSPS) is 21.9. The Morgan fingerprint density at radius 2 is 2.14 bits per heavy atom. The Labute approximate surface area is 290 Å². The number of alkyl halides is 3. The predicted octanol–water partition coefficient (Wildman–Crippen LogP) is 7.77. The number of thiophene rings is 1. The highest BCUT2D eigenvalue weighted by Crippen LogP contribution is 2.51. The van der Waals surface area contributed by atoms with Crippen LogP contribution in [0.15, 0.2) is 24.3 Å². The first-order chi connectivity index (χ1) is 24.0. The molecule has 2 aromatic carbocycles. The number of anilines is 2. The zero-order valence-electron chi connectivity index (χ0n) is 26.3. The van der Waals surface area contributed by atoms with Crippen LogP contribution >= 0.6 is 22.9 Å². The summed E-state index contributed by atoms with van der Waals surface area (Å²) in [6.45, 7) is 1.56. The average molecular weight is 735 g/mol. The first-order valence-corrected chi connectivity index (χ1v) is 16.9. The van der Waals surface area contributed by atoms with Crippen LogP contribution in [0.2, 0.25) is 5.02 Å². The quantitative estimate of drug-likeness (QED) is 0.138. The van der Waals surface area contributed by atoms with E-state index in [4.69, 9.17) is 21.1 Å². The molecule has 5 heterocycles. The molecule has 0 bridgehead atoms. The molecule has 0 saturated carbocycles. The van der Waals surface area contributed by atoms with Gasteiger partial charge in [0.1, 0.15) is 47.6 Å². The van der Waals surface area contributed by atoms with E-state index in [1.165, 1.54) is 11.0 Å². The second-order valence-electron chi connectivity index (χ2n) is 12.3. The fourth-order valence-electron chi connectivity index (χ4n) is 7.37. The third-order valence-corrected chi connectivity index (χ3v) is 10.9. The molecule has 0 unspecified atom stereocenters. The number of carboxylic acid groups (broad SMARTS) is 1. The molecule has 17 heteroatoms. The van der Waals surface area contributed by atoms with Gasteiger partial charge in [-0.15, -0.1) is 11.3 Å². The van der Waals surface area contributed by atoms with Crippen molar-refractivity contribution in [3.05, 3.63) is 46.5 Å². The molecule has 50 heavy (non-hydrogen) atoms. The summed E-state index contributed by atoms with van der Waals surface area (Å²) in [4.78, 5) is 23.6. The number of allylic oxidation sites excluding steroid dienone is 1. The van der Waals surface area contributed by atoms with Gasteiger partial charge in [-0.2, -0.15) is 15.2 Å². The highest BCUT2D eigenvalue weighted by molar-refractivity contribution is 7.23. The molecule has 0 aliphatic carbocycles. The van der Waals surface area contributed by atoms with Gasteiger partial charge in [-0.25, -0.2) is 26.7 Å². The number of halogens is 6. The number of amides is 1. The molecule has 2 fully saturated rings. The minimum atomic E-state index is -2.84. The van der Waals surface area contributed by atoms with E-state index in [0.29, 0.717) is 24.3 Å². The molecule has 0 radical (unpaired) electrons. The minimum Gasteiger partial charge on any atom is -0.489 e. The molecule has 3 atom stereocenters. The lowest BCUT2D eigenvalue weighted by atomic mass is 9.95. The number of carbonyl (C=O) groups is 1. The molecule has 2 N–H and O–H groups in total. The van der Waals surface area contributed by atoms with Crippen LogP contribution in [0.1, 0.15) is 31.7 Å². The Morgan fingerprint density at radius 1 is 1.34 bits per heavy atom. The number of hydrogen-bond donors (Lipinski definition) is 2. The van der Waals surface area contributed by atoms with Gasteiger partial charge in [0.15, 0.2) is 11.6 Å². The van der Waals surface area contributed by atoms with Crippen LogP contribution in [-0.2, 0) is 0 Å². The van der Waals surface area contributed by atoms with E-state index < -0.39 is 54.0 Å². The van der Waals surface area contributed by atoms with E-state index in [-0.39, 0.29) is 85.9 Å². The van der Waals surface area contributed by atoms with Gasteiger partial charge in [0.05, 0.1) is 38.8 Å². The standard InChI is InChI=1S/C33H28ClF5N6O4S/c1-2-4-16-13-48-27-23-26(25(39)22(24(27)34)17-5-6-19(36)28-21(17)18(10-40)30(50-28)43-32(46)47)41-31(42-29(23)45(16)12-20(37)38)49-14-33-7-3-8-44(33)11-15(35)9-33/h2,4-6,15-16,20,43H,3,7-9,11-14H2,1H3,(H,46,47)/b4-2-/t15-,16+,33+/m1/s1. The van der Waals surface area contributed by atoms with E-state index in [1.54, 1.807) is 19.1 Å². The lowest BCUT2D eigenvalue weighted by Gasteiger charge is -2.31. The zero-order valence-corrected chi connectivity index (χ0v) is 27.9. The highest BCUT2D eigenvalue weighted by Gasteiger charge is 2.49. The molecular weight excluding hydrogens is 707 g/mol. The van der Waals surface area contributed by atoms with Gasteiger partial charge in [0.2, 0.25) is 0 Å². The lowest BCUT2D eigenvalue weighted by molar-refractivity contribution is 0.107. The van der Waals surface area contributed by atoms with Crippen LogP contribution in [0.5, 0.6) is 11.8 Å². The number of nitrogens with zero attached hydrogens (tertiary/aromatic N) is 5. The summed E-state index contributed by atoms with van der Waals surface area (Å²) >= 11 is 7.56. The molecule has 3 aliphatic heterocycles. The maximum atomic E-state index is 17.2. The van der Waals surface area contributed by atoms with E-state index in [0.717, 1.165) is 12.5 Å². The molecule has 0 spiro atoms. The van der Waals surface area contributed by atoms with Crippen molar-refractivity contribution in [2.75, 3.05) is 43.1 Å². The third kappa shape index (κ3) is 5.61. The second-order valence-corrected chi connectivity index (χ2v) is 13.7. The van der Waals surface area contributed by atoms with Gasteiger partial charge in [-0.3, -0.25) is 10.2 Å². The van der Waals surface area contributed by atoms with Crippen molar-refractivity contribution >= 4 is 60.8 Å². The second kappa shape index (κ2) is 13.0. The van der Waals surface area contributed by atoms with Gasteiger partial charge < -0.3 is 19.5 Å². The molecule has 10 nitrogen and oxygen atoms in total. The predicted molar refractivity (Wildman–Crippen MR) is 178 cm³/mol. The monoisotopic (exact) mass is 734 g/mol. The Hall–Kier alpha value is -4.46. The molecular formula is C33H28ClF5N6O4S. The number of hydrogen-bond acceptors (Lipinski definition) is 9. The van der Waals surface area contributed by atoms with Crippen LogP contribution in [0.25, 0.3) is 32.1 Å². The molecule has 7 rings (SSSR count). The summed E-state index contributed by atoms with van der Waals surface area (Å²) in [5.74, 6) is -2.14. The minimum absolute atomic E-state index is 0.0324. The SMILES string of the molecule is C/C=C\[C@H]1COc2c(Cl)c(-c3ccc(F)c4sc(NC(=O)O)c(C#N)c34)c(F)c3nc(OC[C@@]45CCCN4C[C@H](F)C5)nc(c23)N1CC(F)F. The van der Waals surface area contributed by atoms with Gasteiger partial charge >= 0.3 is 12.1 Å². The summed E-state index contributed by atoms with van der Waals surface area (Å²) in [5, 5.41) is 20.7. The number of aromatic nitrogens is 2. The van der Waals surface area contributed by atoms with E-state index in [1.807, 2.05) is 11.0 Å². The topological polar surface area (TPSA) is 124 Å².